The number of nitrogens with zero attached hydrogens (tertiary/aromatic N) is 2. The molecule has 2 aliphatic carbocycles. The van der Waals surface area contributed by atoms with E-state index in [4.69, 9.17) is 0 Å². The summed E-state index contributed by atoms with van der Waals surface area (Å²) in [6.45, 7) is 0. The Kier molecular flexibility index (Phi) is 7.15. The SMILES string of the molecule is N#Cc1ccc(-c2c(F)c(C3CCCCC3)c(F)c(-c3ccc(C#N)cc3)c2C2CCCCC2)cc1. The number of hydrogen-bond donors (Lipinski definition) is 0. The lowest BCUT2D eigenvalue weighted by molar-refractivity contribution is 0.410. The Hall–Kier alpha value is -3.50. The molecule has 0 atom stereocenters. The van der Waals surface area contributed by atoms with E-state index in [-0.39, 0.29) is 17.4 Å². The van der Waals surface area contributed by atoms with Crippen LogP contribution in [0.1, 0.15) is 98.3 Å². The summed E-state index contributed by atoms with van der Waals surface area (Å²) in [6, 6.07) is 18.3. The van der Waals surface area contributed by atoms with E-state index in [0.29, 0.717) is 33.4 Å². The summed E-state index contributed by atoms with van der Waals surface area (Å²) in [5.74, 6) is -0.947. The monoisotopic (exact) mass is 480 g/mol. The van der Waals surface area contributed by atoms with Crippen LogP contribution < -0.4 is 0 Å². The number of hydrogen-bond acceptors (Lipinski definition) is 2. The predicted octanol–water partition coefficient (Wildman–Crippen LogP) is 9.14. The molecule has 2 nitrogen and oxygen atoms in total. The van der Waals surface area contributed by atoms with Crippen molar-refractivity contribution in [3.8, 4) is 34.4 Å². The van der Waals surface area contributed by atoms with Crippen LogP contribution in [0.25, 0.3) is 22.3 Å². The van der Waals surface area contributed by atoms with Crippen molar-refractivity contribution in [2.45, 2.75) is 76.0 Å². The maximum absolute atomic E-state index is 16.7. The van der Waals surface area contributed by atoms with E-state index < -0.39 is 11.6 Å². The van der Waals surface area contributed by atoms with Crippen molar-refractivity contribution in [3.05, 3.63) is 82.4 Å². The number of rotatable bonds is 4. The second-order valence-corrected chi connectivity index (χ2v) is 10.3. The summed E-state index contributed by atoms with van der Waals surface area (Å²) in [5, 5.41) is 18.6. The van der Waals surface area contributed by atoms with Crippen molar-refractivity contribution >= 4 is 0 Å². The van der Waals surface area contributed by atoms with Crippen LogP contribution >= 0.6 is 0 Å². The minimum atomic E-state index is -0.429. The Morgan fingerprint density at radius 2 is 0.889 bits per heavy atom. The van der Waals surface area contributed by atoms with Crippen molar-refractivity contribution in [3.63, 3.8) is 0 Å². The normalized spacial score (nSPS) is 16.9. The van der Waals surface area contributed by atoms with Gasteiger partial charge in [0, 0.05) is 16.7 Å². The fourth-order valence-corrected chi connectivity index (χ4v) is 6.26. The Labute approximate surface area is 212 Å². The van der Waals surface area contributed by atoms with Crippen molar-refractivity contribution in [1.82, 2.24) is 0 Å². The van der Waals surface area contributed by atoms with E-state index in [1.807, 2.05) is 0 Å². The first-order valence-electron chi connectivity index (χ1n) is 13.2. The molecule has 2 saturated carbocycles. The molecule has 5 rings (SSSR count). The van der Waals surface area contributed by atoms with Crippen molar-refractivity contribution in [2.24, 2.45) is 0 Å². The number of halogens is 2. The topological polar surface area (TPSA) is 47.6 Å². The average molecular weight is 481 g/mol. The van der Waals surface area contributed by atoms with Crippen LogP contribution in [0.2, 0.25) is 0 Å². The van der Waals surface area contributed by atoms with Crippen LogP contribution in [0, 0.1) is 34.3 Å². The van der Waals surface area contributed by atoms with Crippen molar-refractivity contribution in [1.29, 1.82) is 10.5 Å². The van der Waals surface area contributed by atoms with Crippen LogP contribution in [-0.2, 0) is 0 Å². The smallest absolute Gasteiger partial charge is 0.137 e. The molecule has 4 heteroatoms. The molecule has 0 aliphatic heterocycles. The average Bonchev–Trinajstić information content (AvgIpc) is 2.94. The maximum atomic E-state index is 16.7. The molecule has 0 N–H and O–H groups in total. The second kappa shape index (κ2) is 10.6. The molecule has 0 spiro atoms. The van der Waals surface area contributed by atoms with Gasteiger partial charge in [0.25, 0.3) is 0 Å². The van der Waals surface area contributed by atoms with Crippen molar-refractivity contribution < 1.29 is 8.78 Å². The van der Waals surface area contributed by atoms with Gasteiger partial charge in [-0.1, -0.05) is 62.8 Å². The summed E-state index contributed by atoms with van der Waals surface area (Å²) in [7, 11) is 0. The van der Waals surface area contributed by atoms with E-state index in [1.165, 1.54) is 0 Å². The maximum Gasteiger partial charge on any atom is 0.137 e. The highest BCUT2D eigenvalue weighted by Crippen LogP contribution is 2.49. The standard InChI is InChI=1S/C32H30F2N2/c33-31-28(25-15-11-21(19-35)12-16-25)27(23-7-3-1-4-8-23)29(26-17-13-22(20-36)14-18-26)32(34)30(31)24-9-5-2-6-10-24/h11-18,23-24H,1-10H2. The summed E-state index contributed by atoms with van der Waals surface area (Å²) in [4.78, 5) is 0. The Bertz CT molecular complexity index is 1230. The second-order valence-electron chi connectivity index (χ2n) is 10.3. The van der Waals surface area contributed by atoms with Gasteiger partial charge in [0.2, 0.25) is 0 Å². The van der Waals surface area contributed by atoms with E-state index in [0.717, 1.165) is 69.8 Å². The van der Waals surface area contributed by atoms with Gasteiger partial charge in [-0.25, -0.2) is 8.78 Å². The molecule has 3 aromatic rings. The molecule has 0 unspecified atom stereocenters. The van der Waals surface area contributed by atoms with E-state index in [9.17, 15) is 10.5 Å². The van der Waals surface area contributed by atoms with Gasteiger partial charge in [-0.3, -0.25) is 0 Å². The fourth-order valence-electron chi connectivity index (χ4n) is 6.26. The lowest BCUT2D eigenvalue weighted by Crippen LogP contribution is -2.16. The quantitative estimate of drug-likeness (QED) is 0.374. The molecule has 0 saturated heterocycles. The zero-order chi connectivity index (χ0) is 25.1. The first-order chi connectivity index (χ1) is 17.6. The van der Waals surface area contributed by atoms with Crippen LogP contribution in [-0.4, -0.2) is 0 Å². The fraction of sp³-hybridized carbons (Fsp3) is 0.375. The Morgan fingerprint density at radius 1 is 0.528 bits per heavy atom. The van der Waals surface area contributed by atoms with Crippen LogP contribution in [0.15, 0.2) is 48.5 Å². The molecule has 0 aromatic heterocycles. The first kappa shape index (κ1) is 24.2. The highest BCUT2D eigenvalue weighted by molar-refractivity contribution is 5.82. The molecular weight excluding hydrogens is 450 g/mol. The summed E-state index contributed by atoms with van der Waals surface area (Å²) < 4.78 is 33.3. The molecule has 2 aliphatic rings. The molecule has 2 fully saturated rings. The molecule has 0 bridgehead atoms. The molecule has 0 amide bonds. The minimum absolute atomic E-state index is 0.0550. The Balaban J connectivity index is 1.83. The number of benzene rings is 3. The third kappa shape index (κ3) is 4.54. The van der Waals surface area contributed by atoms with Crippen molar-refractivity contribution in [2.75, 3.05) is 0 Å². The molecule has 182 valence electrons. The van der Waals surface area contributed by atoms with E-state index in [2.05, 4.69) is 12.1 Å². The molecule has 3 aromatic carbocycles. The summed E-state index contributed by atoms with van der Waals surface area (Å²) in [6.07, 6.45) is 9.65. The largest absolute Gasteiger partial charge is 0.206 e. The molecule has 36 heavy (non-hydrogen) atoms. The highest BCUT2D eigenvalue weighted by atomic mass is 19.1. The van der Waals surface area contributed by atoms with E-state index >= 15 is 8.78 Å². The van der Waals surface area contributed by atoms with Gasteiger partial charge in [-0.15, -0.1) is 0 Å². The first-order valence-corrected chi connectivity index (χ1v) is 13.2. The van der Waals surface area contributed by atoms with Gasteiger partial charge in [-0.05, 0) is 78.5 Å². The molecular formula is C32H30F2N2. The van der Waals surface area contributed by atoms with Gasteiger partial charge in [0.05, 0.1) is 23.3 Å². The lowest BCUT2D eigenvalue weighted by Gasteiger charge is -2.31. The molecule has 0 heterocycles. The lowest BCUT2D eigenvalue weighted by atomic mass is 9.73. The third-order valence-corrected chi connectivity index (χ3v) is 8.08. The third-order valence-electron chi connectivity index (χ3n) is 8.08. The number of nitriles is 2. The van der Waals surface area contributed by atoms with Gasteiger partial charge in [0.1, 0.15) is 11.6 Å². The van der Waals surface area contributed by atoms with Crippen LogP contribution in [0.4, 0.5) is 8.78 Å². The van der Waals surface area contributed by atoms with Crippen LogP contribution in [0.3, 0.4) is 0 Å². The van der Waals surface area contributed by atoms with Gasteiger partial charge in [0.15, 0.2) is 0 Å². The summed E-state index contributed by atoms with van der Waals surface area (Å²) in [5.41, 5.74) is 4.37. The van der Waals surface area contributed by atoms with Gasteiger partial charge >= 0.3 is 0 Å². The summed E-state index contributed by atoms with van der Waals surface area (Å²) >= 11 is 0. The minimum Gasteiger partial charge on any atom is -0.206 e. The van der Waals surface area contributed by atoms with Gasteiger partial charge < -0.3 is 0 Å². The van der Waals surface area contributed by atoms with Gasteiger partial charge in [-0.2, -0.15) is 10.5 Å². The van der Waals surface area contributed by atoms with Crippen LogP contribution in [0.5, 0.6) is 0 Å². The zero-order valence-corrected chi connectivity index (χ0v) is 20.5. The Morgan fingerprint density at radius 3 is 1.25 bits per heavy atom. The molecule has 0 radical (unpaired) electrons. The zero-order valence-electron chi connectivity index (χ0n) is 20.5. The van der Waals surface area contributed by atoms with E-state index in [1.54, 1.807) is 48.5 Å². The highest BCUT2D eigenvalue weighted by Gasteiger charge is 2.34. The predicted molar refractivity (Wildman–Crippen MR) is 138 cm³/mol.